The molecule has 0 aliphatic heterocycles. The highest BCUT2D eigenvalue weighted by Gasteiger charge is 2.28. The van der Waals surface area contributed by atoms with Crippen LogP contribution in [0.2, 0.25) is 0 Å². The molecule has 0 radical (unpaired) electrons. The van der Waals surface area contributed by atoms with Gasteiger partial charge in [-0.1, -0.05) is 6.92 Å². The van der Waals surface area contributed by atoms with Crippen LogP contribution in [0.1, 0.15) is 37.3 Å². The molecule has 0 saturated heterocycles. The summed E-state index contributed by atoms with van der Waals surface area (Å²) in [6.45, 7) is 4.24. The monoisotopic (exact) mass is 225 g/mol. The molecule has 0 amide bonds. The molecule has 1 fully saturated rings. The van der Waals surface area contributed by atoms with E-state index in [0.717, 1.165) is 29.5 Å². The second-order valence-corrected chi connectivity index (χ2v) is 5.43. The highest BCUT2D eigenvalue weighted by atomic mass is 32.2. The molecule has 1 heterocycles. The number of hydrogen-bond donors (Lipinski definition) is 1. The maximum atomic E-state index is 6.12. The van der Waals surface area contributed by atoms with E-state index in [1.165, 1.54) is 18.6 Å². The number of nitrogens with zero attached hydrogens (tertiary/aromatic N) is 2. The van der Waals surface area contributed by atoms with Gasteiger partial charge < -0.3 is 10.3 Å². The first kappa shape index (κ1) is 10.9. The number of aryl methyl sites for hydroxylation is 2. The number of anilines is 1. The first-order chi connectivity index (χ1) is 7.24. The highest BCUT2D eigenvalue weighted by molar-refractivity contribution is 7.99. The summed E-state index contributed by atoms with van der Waals surface area (Å²) >= 11 is 1.95. The fourth-order valence-corrected chi connectivity index (χ4v) is 2.54. The summed E-state index contributed by atoms with van der Waals surface area (Å²) in [6, 6.07) is 0.644. The molecule has 0 aromatic carbocycles. The molecule has 0 atom stereocenters. The van der Waals surface area contributed by atoms with E-state index in [4.69, 9.17) is 5.73 Å². The van der Waals surface area contributed by atoms with Crippen molar-refractivity contribution in [2.75, 3.05) is 17.2 Å². The minimum Gasteiger partial charge on any atom is -0.384 e. The van der Waals surface area contributed by atoms with Crippen molar-refractivity contribution in [3.8, 4) is 0 Å². The van der Waals surface area contributed by atoms with Crippen molar-refractivity contribution >= 4 is 17.6 Å². The lowest BCUT2D eigenvalue weighted by Gasteiger charge is -2.04. The number of thioether (sulfide) groups is 1. The van der Waals surface area contributed by atoms with E-state index in [1.807, 2.05) is 11.8 Å². The number of nitrogens with two attached hydrogens (primary N) is 1. The van der Waals surface area contributed by atoms with E-state index < -0.39 is 0 Å². The second-order valence-electron chi connectivity index (χ2n) is 4.04. The Bertz CT molecular complexity index is 342. The van der Waals surface area contributed by atoms with E-state index in [1.54, 1.807) is 0 Å². The molecule has 1 saturated carbocycles. The Kier molecular flexibility index (Phi) is 3.24. The van der Waals surface area contributed by atoms with E-state index in [-0.39, 0.29) is 0 Å². The highest BCUT2D eigenvalue weighted by Crippen LogP contribution is 2.38. The van der Waals surface area contributed by atoms with Gasteiger partial charge in [0.05, 0.1) is 5.69 Å². The van der Waals surface area contributed by atoms with Gasteiger partial charge >= 0.3 is 0 Å². The van der Waals surface area contributed by atoms with Crippen molar-refractivity contribution in [2.45, 2.75) is 39.2 Å². The fourth-order valence-electron chi connectivity index (χ4n) is 1.91. The summed E-state index contributed by atoms with van der Waals surface area (Å²) < 4.78 is 2.21. The predicted molar refractivity (Wildman–Crippen MR) is 66.4 cm³/mol. The van der Waals surface area contributed by atoms with Crippen LogP contribution in [0, 0.1) is 6.92 Å². The van der Waals surface area contributed by atoms with Crippen molar-refractivity contribution in [1.82, 2.24) is 9.55 Å². The third-order valence-corrected chi connectivity index (χ3v) is 3.70. The molecule has 15 heavy (non-hydrogen) atoms. The summed E-state index contributed by atoms with van der Waals surface area (Å²) in [5.74, 6) is 4.29. The van der Waals surface area contributed by atoms with Crippen molar-refractivity contribution in [3.05, 3.63) is 11.5 Å². The number of imidazole rings is 1. The zero-order valence-corrected chi connectivity index (χ0v) is 10.3. The van der Waals surface area contributed by atoms with Gasteiger partial charge in [-0.15, -0.1) is 0 Å². The Morgan fingerprint density at radius 2 is 2.27 bits per heavy atom. The molecule has 0 bridgehead atoms. The van der Waals surface area contributed by atoms with E-state index >= 15 is 0 Å². The van der Waals surface area contributed by atoms with Crippen LogP contribution in [0.4, 0.5) is 5.82 Å². The lowest BCUT2D eigenvalue weighted by Crippen LogP contribution is -2.03. The van der Waals surface area contributed by atoms with Gasteiger partial charge in [-0.05, 0) is 31.3 Å². The van der Waals surface area contributed by atoms with Crippen molar-refractivity contribution < 1.29 is 0 Å². The minimum atomic E-state index is 0.644. The van der Waals surface area contributed by atoms with E-state index in [2.05, 4.69) is 23.4 Å². The third kappa shape index (κ3) is 2.30. The minimum absolute atomic E-state index is 0.644. The van der Waals surface area contributed by atoms with Crippen LogP contribution in [0.15, 0.2) is 0 Å². The van der Waals surface area contributed by atoms with E-state index in [0.29, 0.717) is 6.04 Å². The van der Waals surface area contributed by atoms with Gasteiger partial charge in [-0.2, -0.15) is 11.8 Å². The maximum absolute atomic E-state index is 6.12. The molecule has 4 heteroatoms. The SMILES string of the molecule is CCSCCc1nc(C)n(C2CC2)c1N. The van der Waals surface area contributed by atoms with Gasteiger partial charge in [0.15, 0.2) is 0 Å². The van der Waals surface area contributed by atoms with Crippen LogP contribution >= 0.6 is 11.8 Å². The molecule has 1 aliphatic carbocycles. The molecular formula is C11H19N3S. The van der Waals surface area contributed by atoms with Crippen molar-refractivity contribution in [2.24, 2.45) is 0 Å². The molecule has 2 rings (SSSR count). The average molecular weight is 225 g/mol. The normalized spacial score (nSPS) is 15.9. The maximum Gasteiger partial charge on any atom is 0.127 e. The lowest BCUT2D eigenvalue weighted by atomic mass is 10.3. The van der Waals surface area contributed by atoms with Gasteiger partial charge in [0.25, 0.3) is 0 Å². The van der Waals surface area contributed by atoms with Crippen LogP contribution < -0.4 is 5.73 Å². The fraction of sp³-hybridized carbons (Fsp3) is 0.727. The zero-order chi connectivity index (χ0) is 10.8. The standard InChI is InChI=1S/C11H19N3S/c1-3-15-7-6-10-11(12)14(8(2)13-10)9-4-5-9/h9H,3-7,12H2,1-2H3. The summed E-state index contributed by atoms with van der Waals surface area (Å²) in [7, 11) is 0. The van der Waals surface area contributed by atoms with Crippen LogP contribution in [0.5, 0.6) is 0 Å². The van der Waals surface area contributed by atoms with Crippen LogP contribution in [-0.2, 0) is 6.42 Å². The Hall–Kier alpha value is -0.640. The average Bonchev–Trinajstić information content (AvgIpc) is 2.97. The van der Waals surface area contributed by atoms with Gasteiger partial charge in [0, 0.05) is 12.5 Å². The molecule has 1 aromatic heterocycles. The molecule has 1 aromatic rings. The topological polar surface area (TPSA) is 43.8 Å². The van der Waals surface area contributed by atoms with Crippen LogP contribution in [0.3, 0.4) is 0 Å². The van der Waals surface area contributed by atoms with Crippen LogP contribution in [-0.4, -0.2) is 21.1 Å². The van der Waals surface area contributed by atoms with Gasteiger partial charge in [-0.3, -0.25) is 0 Å². The smallest absolute Gasteiger partial charge is 0.127 e. The Morgan fingerprint density at radius 3 is 2.87 bits per heavy atom. The molecule has 2 N–H and O–H groups in total. The summed E-state index contributed by atoms with van der Waals surface area (Å²) in [4.78, 5) is 4.57. The Morgan fingerprint density at radius 1 is 1.53 bits per heavy atom. The Labute approximate surface area is 95.4 Å². The predicted octanol–water partition coefficient (Wildman–Crippen LogP) is 2.40. The van der Waals surface area contributed by atoms with Gasteiger partial charge in [0.2, 0.25) is 0 Å². The molecule has 84 valence electrons. The summed E-state index contributed by atoms with van der Waals surface area (Å²) in [6.07, 6.45) is 3.54. The molecule has 1 aliphatic rings. The third-order valence-electron chi connectivity index (χ3n) is 2.80. The lowest BCUT2D eigenvalue weighted by molar-refractivity contribution is 0.720. The summed E-state index contributed by atoms with van der Waals surface area (Å²) in [5, 5.41) is 0. The first-order valence-corrected chi connectivity index (χ1v) is 6.80. The van der Waals surface area contributed by atoms with Crippen molar-refractivity contribution in [1.29, 1.82) is 0 Å². The van der Waals surface area contributed by atoms with E-state index in [9.17, 15) is 0 Å². The molecule has 3 nitrogen and oxygen atoms in total. The first-order valence-electron chi connectivity index (χ1n) is 5.65. The van der Waals surface area contributed by atoms with Gasteiger partial charge in [-0.25, -0.2) is 4.98 Å². The van der Waals surface area contributed by atoms with Gasteiger partial charge in [0.1, 0.15) is 11.6 Å². The quantitative estimate of drug-likeness (QED) is 0.783. The zero-order valence-electron chi connectivity index (χ0n) is 9.49. The van der Waals surface area contributed by atoms with Crippen LogP contribution in [0.25, 0.3) is 0 Å². The largest absolute Gasteiger partial charge is 0.384 e. The number of rotatable bonds is 5. The number of hydrogen-bond acceptors (Lipinski definition) is 3. The second kappa shape index (κ2) is 4.47. The number of aromatic nitrogens is 2. The molecule has 0 unspecified atom stereocenters. The molecule has 0 spiro atoms. The Balaban J connectivity index is 2.07. The van der Waals surface area contributed by atoms with Crippen molar-refractivity contribution in [3.63, 3.8) is 0 Å². The molecular weight excluding hydrogens is 206 g/mol. The number of nitrogen functional groups attached to an aromatic ring is 1. The summed E-state index contributed by atoms with van der Waals surface area (Å²) in [5.41, 5.74) is 7.22.